The van der Waals surface area contributed by atoms with Gasteiger partial charge < -0.3 is 4.57 Å². The molecule has 0 unspecified atom stereocenters. The van der Waals surface area contributed by atoms with Gasteiger partial charge in [0.15, 0.2) is 4.80 Å². The molecule has 0 atom stereocenters. The molecule has 1 heterocycles. The highest BCUT2D eigenvalue weighted by molar-refractivity contribution is 7.89. The number of nitrogens with zero attached hydrogens (tertiary/aromatic N) is 3. The smallest absolute Gasteiger partial charge is 0.244 e. The van der Waals surface area contributed by atoms with E-state index in [0.29, 0.717) is 6.54 Å². The molecular weight excluding hydrogens is 426 g/mol. The molecule has 0 N–H and O–H groups in total. The molecule has 0 spiro atoms. The summed E-state index contributed by atoms with van der Waals surface area (Å²) in [6.07, 6.45) is 1.73. The fraction of sp³-hybridized carbons (Fsp3) is 0.286. The summed E-state index contributed by atoms with van der Waals surface area (Å²) in [6.45, 7) is 2.49. The summed E-state index contributed by atoms with van der Waals surface area (Å²) in [5.41, 5.74) is 2.53. The number of aromatic nitrogens is 1. The molecule has 0 saturated carbocycles. The van der Waals surface area contributed by atoms with Gasteiger partial charge >= 0.3 is 0 Å². The van der Waals surface area contributed by atoms with E-state index in [9.17, 15) is 8.42 Å². The van der Waals surface area contributed by atoms with E-state index in [1.165, 1.54) is 15.6 Å². The molecule has 0 fully saturated rings. The Morgan fingerprint density at radius 1 is 1.17 bits per heavy atom. The van der Waals surface area contributed by atoms with Crippen molar-refractivity contribution in [1.29, 1.82) is 0 Å². The van der Waals surface area contributed by atoms with Gasteiger partial charge in [0.05, 0.1) is 16.4 Å². The van der Waals surface area contributed by atoms with Crippen LogP contribution in [0.25, 0.3) is 11.3 Å². The van der Waals surface area contributed by atoms with Gasteiger partial charge in [-0.2, -0.15) is 0 Å². The lowest BCUT2D eigenvalue weighted by Gasteiger charge is -2.18. The molecule has 0 saturated heterocycles. The average molecular weight is 450 g/mol. The normalized spacial score (nSPS) is 12.7. The molecule has 0 radical (unpaired) electrons. The predicted molar refractivity (Wildman–Crippen MR) is 120 cm³/mol. The second-order valence-corrected chi connectivity index (χ2v) is 9.99. The molecule has 2 aromatic carbocycles. The van der Waals surface area contributed by atoms with Crippen molar-refractivity contribution in [3.63, 3.8) is 0 Å². The van der Waals surface area contributed by atoms with Crippen LogP contribution in [-0.2, 0) is 17.1 Å². The molecule has 154 valence electrons. The standard InChI is InChI=1S/C21H24ClN3O2S2/c1-4-5-13-24(2)29(26,27)20-14-16(11-12-18(20)22)19-15-28-21(25(19)3)23-17-9-7-6-8-10-17/h6-12,14-15H,4-5,13H2,1-3H3. The van der Waals surface area contributed by atoms with Crippen LogP contribution in [0.1, 0.15) is 19.8 Å². The molecule has 0 aliphatic carbocycles. The van der Waals surface area contributed by atoms with Gasteiger partial charge in [-0.25, -0.2) is 17.7 Å². The first-order valence-corrected chi connectivity index (χ1v) is 12.0. The molecule has 0 aliphatic heterocycles. The Morgan fingerprint density at radius 2 is 1.90 bits per heavy atom. The molecule has 3 aromatic rings. The largest absolute Gasteiger partial charge is 0.320 e. The van der Waals surface area contributed by atoms with Crippen LogP contribution in [0.2, 0.25) is 5.02 Å². The number of sulfonamides is 1. The van der Waals surface area contributed by atoms with Gasteiger partial charge in [-0.3, -0.25) is 0 Å². The highest BCUT2D eigenvalue weighted by Crippen LogP contribution is 2.30. The zero-order valence-electron chi connectivity index (χ0n) is 16.7. The van der Waals surface area contributed by atoms with Gasteiger partial charge in [0.2, 0.25) is 10.0 Å². The average Bonchev–Trinajstić information content (AvgIpc) is 3.07. The van der Waals surface area contributed by atoms with Crippen molar-refractivity contribution in [2.24, 2.45) is 12.0 Å². The number of unbranched alkanes of at least 4 members (excludes halogenated alkanes) is 1. The van der Waals surface area contributed by atoms with Crippen LogP contribution in [0.4, 0.5) is 5.69 Å². The quantitative estimate of drug-likeness (QED) is 0.506. The second kappa shape index (κ2) is 9.26. The third kappa shape index (κ3) is 4.80. The van der Waals surface area contributed by atoms with Crippen molar-refractivity contribution in [2.45, 2.75) is 24.7 Å². The maximum Gasteiger partial charge on any atom is 0.244 e. The topological polar surface area (TPSA) is 54.7 Å². The number of rotatable bonds is 7. The Balaban J connectivity index is 2.02. The monoisotopic (exact) mass is 449 g/mol. The summed E-state index contributed by atoms with van der Waals surface area (Å²) in [5.74, 6) is 0. The summed E-state index contributed by atoms with van der Waals surface area (Å²) in [6, 6.07) is 14.8. The van der Waals surface area contributed by atoms with Crippen LogP contribution < -0.4 is 4.80 Å². The zero-order valence-corrected chi connectivity index (χ0v) is 19.1. The molecule has 29 heavy (non-hydrogen) atoms. The van der Waals surface area contributed by atoms with Crippen molar-refractivity contribution in [3.05, 3.63) is 63.7 Å². The minimum Gasteiger partial charge on any atom is -0.320 e. The fourth-order valence-corrected chi connectivity index (χ4v) is 5.51. The van der Waals surface area contributed by atoms with Gasteiger partial charge in [0.25, 0.3) is 0 Å². The molecule has 8 heteroatoms. The van der Waals surface area contributed by atoms with E-state index in [4.69, 9.17) is 11.6 Å². The summed E-state index contributed by atoms with van der Waals surface area (Å²) in [5, 5.41) is 2.20. The Morgan fingerprint density at radius 3 is 2.59 bits per heavy atom. The number of benzene rings is 2. The minimum absolute atomic E-state index is 0.128. The molecular formula is C21H24ClN3O2S2. The Labute approximate surface area is 181 Å². The van der Waals surface area contributed by atoms with E-state index in [2.05, 4.69) is 4.99 Å². The third-order valence-electron chi connectivity index (χ3n) is 4.65. The van der Waals surface area contributed by atoms with Crippen molar-refractivity contribution in [1.82, 2.24) is 8.87 Å². The van der Waals surface area contributed by atoms with Crippen molar-refractivity contribution in [2.75, 3.05) is 13.6 Å². The molecule has 1 aromatic heterocycles. The maximum absolute atomic E-state index is 13.0. The van der Waals surface area contributed by atoms with Gasteiger partial charge in [-0.1, -0.05) is 49.2 Å². The molecule has 0 amide bonds. The van der Waals surface area contributed by atoms with E-state index < -0.39 is 10.0 Å². The SMILES string of the molecule is CCCCN(C)S(=O)(=O)c1cc(-c2csc(=Nc3ccccc3)n2C)ccc1Cl. The Hall–Kier alpha value is -1.93. The number of hydrogen-bond acceptors (Lipinski definition) is 4. The first kappa shape index (κ1) is 21.8. The highest BCUT2D eigenvalue weighted by Gasteiger charge is 2.24. The van der Waals surface area contributed by atoms with Gasteiger partial charge in [-0.05, 0) is 30.7 Å². The van der Waals surface area contributed by atoms with Crippen LogP contribution in [0.5, 0.6) is 0 Å². The second-order valence-electron chi connectivity index (χ2n) is 6.74. The lowest BCUT2D eigenvalue weighted by molar-refractivity contribution is 0.459. The van der Waals surface area contributed by atoms with E-state index in [1.54, 1.807) is 19.2 Å². The predicted octanol–water partition coefficient (Wildman–Crippen LogP) is 5.06. The number of halogens is 1. The first-order valence-electron chi connectivity index (χ1n) is 9.35. The Bertz CT molecular complexity index is 1150. The number of para-hydroxylation sites is 1. The lowest BCUT2D eigenvalue weighted by atomic mass is 10.2. The van der Waals surface area contributed by atoms with E-state index in [1.807, 2.05) is 60.3 Å². The number of hydrogen-bond donors (Lipinski definition) is 0. The van der Waals surface area contributed by atoms with Crippen LogP contribution in [-0.4, -0.2) is 30.9 Å². The summed E-state index contributed by atoms with van der Waals surface area (Å²) in [4.78, 5) is 5.62. The van der Waals surface area contributed by atoms with Crippen molar-refractivity contribution in [3.8, 4) is 11.3 Å². The van der Waals surface area contributed by atoms with E-state index >= 15 is 0 Å². The summed E-state index contributed by atoms with van der Waals surface area (Å²) < 4.78 is 29.3. The van der Waals surface area contributed by atoms with Crippen LogP contribution in [0.15, 0.2) is 63.8 Å². The molecule has 0 bridgehead atoms. The highest BCUT2D eigenvalue weighted by atomic mass is 35.5. The Kier molecular flexibility index (Phi) is 6.95. The fourth-order valence-electron chi connectivity index (χ4n) is 2.87. The van der Waals surface area contributed by atoms with Gasteiger partial charge in [0, 0.05) is 31.6 Å². The van der Waals surface area contributed by atoms with E-state index in [0.717, 1.165) is 34.6 Å². The maximum atomic E-state index is 13.0. The van der Waals surface area contributed by atoms with Crippen LogP contribution in [0.3, 0.4) is 0 Å². The van der Waals surface area contributed by atoms with Gasteiger partial charge in [0.1, 0.15) is 4.90 Å². The molecule has 5 nitrogen and oxygen atoms in total. The third-order valence-corrected chi connectivity index (χ3v) is 7.90. The molecule has 0 aliphatic rings. The molecule has 3 rings (SSSR count). The summed E-state index contributed by atoms with van der Waals surface area (Å²) >= 11 is 7.77. The van der Waals surface area contributed by atoms with E-state index in [-0.39, 0.29) is 9.92 Å². The van der Waals surface area contributed by atoms with Gasteiger partial charge in [-0.15, -0.1) is 11.3 Å². The van der Waals surface area contributed by atoms with Crippen molar-refractivity contribution >= 4 is 38.6 Å². The first-order chi connectivity index (χ1) is 13.8. The van der Waals surface area contributed by atoms with Crippen LogP contribution in [0, 0.1) is 0 Å². The van der Waals surface area contributed by atoms with Crippen molar-refractivity contribution < 1.29 is 8.42 Å². The number of thiazole rings is 1. The lowest BCUT2D eigenvalue weighted by Crippen LogP contribution is -2.28. The minimum atomic E-state index is -3.65. The summed E-state index contributed by atoms with van der Waals surface area (Å²) in [7, 11) is -0.142. The van der Waals surface area contributed by atoms with Crippen LogP contribution >= 0.6 is 22.9 Å². The zero-order chi connectivity index (χ0) is 21.0.